The second-order valence-electron chi connectivity index (χ2n) is 6.80. The minimum absolute atomic E-state index is 0.0318. The number of methoxy groups -OCH3 is 1. The Labute approximate surface area is 105 Å². The fourth-order valence-electron chi connectivity index (χ4n) is 3.85. The van der Waals surface area contributed by atoms with Gasteiger partial charge in [0.1, 0.15) is 0 Å². The van der Waals surface area contributed by atoms with Crippen molar-refractivity contribution in [2.24, 2.45) is 11.3 Å². The van der Waals surface area contributed by atoms with Crippen molar-refractivity contribution in [2.45, 2.75) is 51.7 Å². The van der Waals surface area contributed by atoms with Crippen molar-refractivity contribution >= 4 is 0 Å². The Hall–Kier alpha value is -0.120. The van der Waals surface area contributed by atoms with Crippen LogP contribution < -0.4 is 5.32 Å². The first-order valence-corrected chi connectivity index (χ1v) is 6.73. The molecule has 0 aromatic heterocycles. The van der Waals surface area contributed by atoms with Gasteiger partial charge in [-0.25, -0.2) is 0 Å². The van der Waals surface area contributed by atoms with Crippen LogP contribution in [0.1, 0.15) is 40.5 Å². The molecule has 2 rings (SSSR count). The van der Waals surface area contributed by atoms with Crippen LogP contribution in [0.2, 0.25) is 0 Å². The van der Waals surface area contributed by atoms with E-state index in [1.807, 2.05) is 0 Å². The Morgan fingerprint density at radius 3 is 2.53 bits per heavy atom. The lowest BCUT2D eigenvalue weighted by Crippen LogP contribution is -2.33. The summed E-state index contributed by atoms with van der Waals surface area (Å²) in [6.07, 6.45) is 2.51. The summed E-state index contributed by atoms with van der Waals surface area (Å²) in [5.74, 6) is 0.774. The average Bonchev–Trinajstić information content (AvgIpc) is 2.80. The van der Waals surface area contributed by atoms with Gasteiger partial charge < -0.3 is 14.8 Å². The second-order valence-corrected chi connectivity index (χ2v) is 6.80. The van der Waals surface area contributed by atoms with E-state index in [4.69, 9.17) is 9.47 Å². The van der Waals surface area contributed by atoms with Crippen LogP contribution in [0.3, 0.4) is 0 Å². The molecule has 3 heteroatoms. The van der Waals surface area contributed by atoms with Crippen LogP contribution in [-0.4, -0.2) is 38.0 Å². The van der Waals surface area contributed by atoms with E-state index >= 15 is 0 Å². The summed E-state index contributed by atoms with van der Waals surface area (Å²) in [4.78, 5) is 0. The number of hydrogen-bond acceptors (Lipinski definition) is 3. The molecule has 2 unspecified atom stereocenters. The third-order valence-corrected chi connectivity index (χ3v) is 4.58. The van der Waals surface area contributed by atoms with Crippen molar-refractivity contribution in [3.8, 4) is 0 Å². The number of hydrogen-bond donors (Lipinski definition) is 1. The van der Waals surface area contributed by atoms with Gasteiger partial charge in [0.25, 0.3) is 0 Å². The maximum Gasteiger partial charge on any atom is 0.0694 e. The minimum atomic E-state index is 0.0318. The molecule has 1 spiro atoms. The summed E-state index contributed by atoms with van der Waals surface area (Å²) in [5, 5.41) is 3.48. The maximum atomic E-state index is 6.22. The minimum Gasteiger partial charge on any atom is -0.383 e. The van der Waals surface area contributed by atoms with Gasteiger partial charge in [-0.1, -0.05) is 0 Å². The number of rotatable bonds is 5. The quantitative estimate of drug-likeness (QED) is 0.749. The van der Waals surface area contributed by atoms with E-state index in [9.17, 15) is 0 Å². The normalized spacial score (nSPS) is 37.6. The second kappa shape index (κ2) is 4.22. The average molecular weight is 241 g/mol. The Morgan fingerprint density at radius 1 is 1.29 bits per heavy atom. The van der Waals surface area contributed by atoms with Gasteiger partial charge in [0.05, 0.1) is 17.8 Å². The van der Waals surface area contributed by atoms with E-state index in [-0.39, 0.29) is 11.2 Å². The van der Waals surface area contributed by atoms with Crippen LogP contribution in [-0.2, 0) is 9.47 Å². The van der Waals surface area contributed by atoms with E-state index in [0.29, 0.717) is 5.41 Å². The van der Waals surface area contributed by atoms with E-state index < -0.39 is 0 Å². The molecule has 0 aromatic rings. The zero-order chi connectivity index (χ0) is 12.7. The first kappa shape index (κ1) is 13.3. The van der Waals surface area contributed by atoms with Crippen molar-refractivity contribution in [3.63, 3.8) is 0 Å². The number of ether oxygens (including phenoxy) is 2. The lowest BCUT2D eigenvalue weighted by Gasteiger charge is -2.28. The molecule has 0 aromatic carbocycles. The van der Waals surface area contributed by atoms with Gasteiger partial charge >= 0.3 is 0 Å². The first-order valence-electron chi connectivity index (χ1n) is 6.73. The zero-order valence-corrected chi connectivity index (χ0v) is 11.9. The SMILES string of the molecule is COCCNCC1CC12CC(C)(C)OC2(C)C. The largest absolute Gasteiger partial charge is 0.383 e. The van der Waals surface area contributed by atoms with Crippen LogP contribution in [0.15, 0.2) is 0 Å². The molecule has 1 saturated heterocycles. The van der Waals surface area contributed by atoms with Crippen molar-refractivity contribution in [1.82, 2.24) is 5.32 Å². The Morgan fingerprint density at radius 2 is 2.00 bits per heavy atom. The molecule has 3 nitrogen and oxygen atoms in total. The molecule has 1 saturated carbocycles. The highest BCUT2D eigenvalue weighted by atomic mass is 16.5. The van der Waals surface area contributed by atoms with Gasteiger partial charge in [-0.05, 0) is 53.0 Å². The maximum absolute atomic E-state index is 6.22. The lowest BCUT2D eigenvalue weighted by atomic mass is 9.82. The topological polar surface area (TPSA) is 30.5 Å². The summed E-state index contributed by atoms with van der Waals surface area (Å²) >= 11 is 0. The summed E-state index contributed by atoms with van der Waals surface area (Å²) in [5.41, 5.74) is 0.492. The van der Waals surface area contributed by atoms with Crippen LogP contribution in [0.5, 0.6) is 0 Å². The molecule has 0 amide bonds. The monoisotopic (exact) mass is 241 g/mol. The van der Waals surface area contributed by atoms with Crippen LogP contribution >= 0.6 is 0 Å². The standard InChI is InChI=1S/C14H27NO2/c1-12(2)10-14(13(3,4)17-12)8-11(14)9-15-6-7-16-5/h11,15H,6-10H2,1-5H3. The third kappa shape index (κ3) is 2.38. The van der Waals surface area contributed by atoms with Gasteiger partial charge in [-0.15, -0.1) is 0 Å². The van der Waals surface area contributed by atoms with Crippen molar-refractivity contribution in [3.05, 3.63) is 0 Å². The highest BCUT2D eigenvalue weighted by molar-refractivity contribution is 5.18. The third-order valence-electron chi connectivity index (χ3n) is 4.58. The molecule has 1 heterocycles. The Kier molecular flexibility index (Phi) is 3.30. The van der Waals surface area contributed by atoms with E-state index in [1.165, 1.54) is 12.8 Å². The molecule has 2 aliphatic rings. The van der Waals surface area contributed by atoms with Gasteiger partial charge in [-0.2, -0.15) is 0 Å². The molecule has 17 heavy (non-hydrogen) atoms. The highest BCUT2D eigenvalue weighted by Gasteiger charge is 2.69. The van der Waals surface area contributed by atoms with E-state index in [0.717, 1.165) is 25.6 Å². The molecular formula is C14H27NO2. The molecule has 1 aliphatic carbocycles. The van der Waals surface area contributed by atoms with Crippen LogP contribution in [0.25, 0.3) is 0 Å². The van der Waals surface area contributed by atoms with Gasteiger partial charge in [0.2, 0.25) is 0 Å². The van der Waals surface area contributed by atoms with E-state index in [1.54, 1.807) is 7.11 Å². The van der Waals surface area contributed by atoms with E-state index in [2.05, 4.69) is 33.0 Å². The summed E-state index contributed by atoms with van der Waals surface area (Å²) in [6, 6.07) is 0. The van der Waals surface area contributed by atoms with Crippen molar-refractivity contribution in [2.75, 3.05) is 26.8 Å². The smallest absolute Gasteiger partial charge is 0.0694 e. The molecule has 100 valence electrons. The summed E-state index contributed by atoms with van der Waals surface area (Å²) < 4.78 is 11.3. The molecular weight excluding hydrogens is 214 g/mol. The highest BCUT2D eigenvalue weighted by Crippen LogP contribution is 2.69. The molecule has 0 radical (unpaired) electrons. The lowest BCUT2D eigenvalue weighted by molar-refractivity contribution is -0.0798. The van der Waals surface area contributed by atoms with Gasteiger partial charge in [0, 0.05) is 19.1 Å². The molecule has 1 aliphatic heterocycles. The Balaban J connectivity index is 1.87. The predicted molar refractivity (Wildman–Crippen MR) is 69.1 cm³/mol. The fraction of sp³-hybridized carbons (Fsp3) is 1.00. The Bertz CT molecular complexity index is 288. The molecule has 2 atom stereocenters. The van der Waals surface area contributed by atoms with Crippen LogP contribution in [0.4, 0.5) is 0 Å². The predicted octanol–water partition coefficient (Wildman–Crippen LogP) is 2.21. The zero-order valence-electron chi connectivity index (χ0n) is 11.9. The van der Waals surface area contributed by atoms with Crippen LogP contribution in [0, 0.1) is 11.3 Å². The fourth-order valence-corrected chi connectivity index (χ4v) is 3.85. The first-order chi connectivity index (χ1) is 7.83. The summed E-state index contributed by atoms with van der Waals surface area (Å²) in [6.45, 7) is 11.8. The van der Waals surface area contributed by atoms with Gasteiger partial charge in [0.15, 0.2) is 0 Å². The summed E-state index contributed by atoms with van der Waals surface area (Å²) in [7, 11) is 1.75. The van der Waals surface area contributed by atoms with Gasteiger partial charge in [-0.3, -0.25) is 0 Å². The number of nitrogens with one attached hydrogen (secondary N) is 1. The van der Waals surface area contributed by atoms with Crippen molar-refractivity contribution < 1.29 is 9.47 Å². The molecule has 0 bridgehead atoms. The molecule has 2 fully saturated rings. The molecule has 1 N–H and O–H groups in total. The van der Waals surface area contributed by atoms with Crippen molar-refractivity contribution in [1.29, 1.82) is 0 Å².